The summed E-state index contributed by atoms with van der Waals surface area (Å²) < 4.78 is 5.52. The Balaban J connectivity index is 1.30. The first-order valence-electron chi connectivity index (χ1n) is 10.1. The number of piperidine rings is 1. The Morgan fingerprint density at radius 3 is 2.26 bits per heavy atom. The fourth-order valence-electron chi connectivity index (χ4n) is 4.68. The maximum atomic E-state index is 12.8. The van der Waals surface area contributed by atoms with Crippen LogP contribution in [0, 0.1) is 29.1 Å². The van der Waals surface area contributed by atoms with Gasteiger partial charge in [-0.25, -0.2) is 4.79 Å². The predicted octanol–water partition coefficient (Wildman–Crippen LogP) is 2.81. The fraction of sp³-hybridized carbons (Fsp3) is 0.619. The van der Waals surface area contributed by atoms with E-state index in [1.54, 1.807) is 0 Å². The van der Waals surface area contributed by atoms with Gasteiger partial charge >= 0.3 is 6.03 Å². The highest BCUT2D eigenvalue weighted by atomic mass is 16.5. The highest BCUT2D eigenvalue weighted by Crippen LogP contribution is 2.35. The summed E-state index contributed by atoms with van der Waals surface area (Å²) in [6.07, 6.45) is 1.63. The van der Waals surface area contributed by atoms with Gasteiger partial charge in [-0.2, -0.15) is 5.26 Å². The summed E-state index contributed by atoms with van der Waals surface area (Å²) in [5, 5.41) is 9.02. The first kappa shape index (κ1) is 18.0. The monoisotopic (exact) mass is 368 g/mol. The molecule has 0 N–H and O–H groups in total. The second-order valence-electron chi connectivity index (χ2n) is 7.93. The van der Waals surface area contributed by atoms with E-state index in [0.717, 1.165) is 57.9 Å². The van der Waals surface area contributed by atoms with Crippen molar-refractivity contribution in [2.45, 2.75) is 19.8 Å². The van der Waals surface area contributed by atoms with Crippen molar-refractivity contribution in [3.63, 3.8) is 0 Å². The van der Waals surface area contributed by atoms with Gasteiger partial charge in [0.25, 0.3) is 0 Å². The van der Waals surface area contributed by atoms with Crippen LogP contribution < -0.4 is 9.64 Å². The van der Waals surface area contributed by atoms with Gasteiger partial charge < -0.3 is 19.4 Å². The first-order valence-corrected chi connectivity index (χ1v) is 10.1. The molecule has 3 fully saturated rings. The standard InChI is InChI=1S/C21H28N4O2/c1-2-27-20-5-3-19(4-6-20)24-12-17-14-25(15-18(17)13-24)21(26)23-9-7-16(11-22)8-10-23/h3-6,16-18H,2,7-10,12-15H2,1H3/t17-,18+. The minimum absolute atomic E-state index is 0.120. The molecule has 6 nitrogen and oxygen atoms in total. The first-order chi connectivity index (χ1) is 13.2. The number of carbonyl (C=O) groups excluding carboxylic acids is 1. The topological polar surface area (TPSA) is 59.8 Å². The van der Waals surface area contributed by atoms with Crippen molar-refractivity contribution in [1.29, 1.82) is 5.26 Å². The Morgan fingerprint density at radius 2 is 1.70 bits per heavy atom. The number of likely N-dealkylation sites (tertiary alicyclic amines) is 2. The van der Waals surface area contributed by atoms with Crippen LogP contribution in [0.2, 0.25) is 0 Å². The van der Waals surface area contributed by atoms with Gasteiger partial charge in [0.1, 0.15) is 5.75 Å². The average Bonchev–Trinajstić information content (AvgIpc) is 3.28. The van der Waals surface area contributed by atoms with E-state index in [2.05, 4.69) is 23.1 Å². The van der Waals surface area contributed by atoms with Gasteiger partial charge in [0, 0.05) is 62.7 Å². The van der Waals surface area contributed by atoms with Crippen LogP contribution in [0.5, 0.6) is 5.75 Å². The van der Waals surface area contributed by atoms with Crippen LogP contribution in [0.3, 0.4) is 0 Å². The molecule has 0 radical (unpaired) electrons. The van der Waals surface area contributed by atoms with Gasteiger partial charge in [0.05, 0.1) is 12.7 Å². The zero-order valence-corrected chi connectivity index (χ0v) is 16.0. The van der Waals surface area contributed by atoms with Crippen LogP contribution in [-0.2, 0) is 0 Å². The van der Waals surface area contributed by atoms with Crippen LogP contribution in [0.15, 0.2) is 24.3 Å². The van der Waals surface area contributed by atoms with Gasteiger partial charge in [-0.1, -0.05) is 0 Å². The SMILES string of the molecule is CCOc1ccc(N2C[C@H]3CN(C(=O)N4CCC(C#N)CC4)C[C@H]3C2)cc1. The van der Waals surface area contributed by atoms with Gasteiger partial charge in [-0.05, 0) is 44.0 Å². The molecule has 144 valence electrons. The zero-order valence-electron chi connectivity index (χ0n) is 16.0. The Labute approximate surface area is 161 Å². The second-order valence-corrected chi connectivity index (χ2v) is 7.93. The molecule has 2 amide bonds. The van der Waals surface area contributed by atoms with E-state index >= 15 is 0 Å². The third kappa shape index (κ3) is 3.69. The summed E-state index contributed by atoms with van der Waals surface area (Å²) in [7, 11) is 0. The van der Waals surface area contributed by atoms with E-state index in [-0.39, 0.29) is 11.9 Å². The van der Waals surface area contributed by atoms with Gasteiger partial charge in [0.15, 0.2) is 0 Å². The number of nitriles is 1. The molecule has 3 aliphatic rings. The summed E-state index contributed by atoms with van der Waals surface area (Å²) in [6.45, 7) is 7.87. The zero-order chi connectivity index (χ0) is 18.8. The van der Waals surface area contributed by atoms with Crippen molar-refractivity contribution in [3.8, 4) is 11.8 Å². The molecule has 3 heterocycles. The number of ether oxygens (including phenoxy) is 1. The maximum absolute atomic E-state index is 12.8. The predicted molar refractivity (Wildman–Crippen MR) is 104 cm³/mol. The fourth-order valence-corrected chi connectivity index (χ4v) is 4.68. The Morgan fingerprint density at radius 1 is 1.07 bits per heavy atom. The molecule has 0 bridgehead atoms. The van der Waals surface area contributed by atoms with Crippen molar-refractivity contribution >= 4 is 11.7 Å². The van der Waals surface area contributed by atoms with Crippen molar-refractivity contribution in [2.75, 3.05) is 50.8 Å². The number of anilines is 1. The molecule has 0 spiro atoms. The Hall–Kier alpha value is -2.42. The maximum Gasteiger partial charge on any atom is 0.320 e. The lowest BCUT2D eigenvalue weighted by molar-refractivity contribution is 0.144. The molecular formula is C21H28N4O2. The van der Waals surface area contributed by atoms with Crippen LogP contribution in [0.4, 0.5) is 10.5 Å². The van der Waals surface area contributed by atoms with Gasteiger partial charge in [-0.15, -0.1) is 0 Å². The molecule has 0 aromatic heterocycles. The Bertz CT molecular complexity index is 692. The molecule has 1 aromatic carbocycles. The van der Waals surface area contributed by atoms with E-state index in [0.29, 0.717) is 18.4 Å². The minimum atomic E-state index is 0.120. The van der Waals surface area contributed by atoms with E-state index in [1.807, 2.05) is 28.9 Å². The summed E-state index contributed by atoms with van der Waals surface area (Å²) in [5.41, 5.74) is 1.24. The summed E-state index contributed by atoms with van der Waals surface area (Å²) in [4.78, 5) is 19.2. The number of amides is 2. The molecule has 6 heteroatoms. The summed E-state index contributed by atoms with van der Waals surface area (Å²) >= 11 is 0. The third-order valence-electron chi connectivity index (χ3n) is 6.22. The largest absolute Gasteiger partial charge is 0.494 e. The van der Waals surface area contributed by atoms with Crippen molar-refractivity contribution in [2.24, 2.45) is 17.8 Å². The van der Waals surface area contributed by atoms with E-state index < -0.39 is 0 Å². The van der Waals surface area contributed by atoms with Crippen LogP contribution in [-0.4, -0.2) is 61.7 Å². The number of fused-ring (bicyclic) bond motifs is 1. The summed E-state index contributed by atoms with van der Waals surface area (Å²) in [6, 6.07) is 10.8. The number of hydrogen-bond acceptors (Lipinski definition) is 4. The smallest absolute Gasteiger partial charge is 0.320 e. The highest BCUT2D eigenvalue weighted by Gasteiger charge is 2.42. The molecular weight excluding hydrogens is 340 g/mol. The third-order valence-corrected chi connectivity index (χ3v) is 6.22. The highest BCUT2D eigenvalue weighted by molar-refractivity contribution is 5.75. The average molecular weight is 368 g/mol. The number of benzene rings is 1. The lowest BCUT2D eigenvalue weighted by Crippen LogP contribution is -2.46. The van der Waals surface area contributed by atoms with Crippen molar-refractivity contribution in [1.82, 2.24) is 9.80 Å². The normalized spacial score (nSPS) is 25.4. The number of nitrogens with zero attached hydrogens (tertiary/aromatic N) is 4. The van der Waals surface area contributed by atoms with E-state index in [4.69, 9.17) is 10.00 Å². The van der Waals surface area contributed by atoms with Gasteiger partial charge in [-0.3, -0.25) is 0 Å². The summed E-state index contributed by atoms with van der Waals surface area (Å²) in [5.74, 6) is 2.14. The molecule has 0 saturated carbocycles. The lowest BCUT2D eigenvalue weighted by atomic mass is 9.99. The molecule has 3 aliphatic heterocycles. The van der Waals surface area contributed by atoms with Gasteiger partial charge in [0.2, 0.25) is 0 Å². The van der Waals surface area contributed by atoms with E-state index in [1.165, 1.54) is 5.69 Å². The molecule has 1 aromatic rings. The lowest BCUT2D eigenvalue weighted by Gasteiger charge is -2.33. The van der Waals surface area contributed by atoms with Crippen molar-refractivity contribution in [3.05, 3.63) is 24.3 Å². The minimum Gasteiger partial charge on any atom is -0.494 e. The quantitative estimate of drug-likeness (QED) is 0.823. The van der Waals surface area contributed by atoms with Crippen LogP contribution >= 0.6 is 0 Å². The van der Waals surface area contributed by atoms with Crippen LogP contribution in [0.1, 0.15) is 19.8 Å². The molecule has 0 unspecified atom stereocenters. The number of carbonyl (C=O) groups is 1. The molecule has 27 heavy (non-hydrogen) atoms. The van der Waals surface area contributed by atoms with Crippen molar-refractivity contribution < 1.29 is 9.53 Å². The number of rotatable bonds is 3. The molecule has 0 aliphatic carbocycles. The number of hydrogen-bond donors (Lipinski definition) is 0. The molecule has 3 saturated heterocycles. The molecule has 2 atom stereocenters. The van der Waals surface area contributed by atoms with E-state index in [9.17, 15) is 4.79 Å². The Kier molecular flexibility index (Phi) is 5.11. The number of urea groups is 1. The second kappa shape index (κ2) is 7.67. The van der Waals surface area contributed by atoms with Crippen LogP contribution in [0.25, 0.3) is 0 Å². The molecule has 4 rings (SSSR count).